The number of likely N-dealkylation sites (tertiary alicyclic amines) is 1. The number of nitrogen functional groups attached to an aromatic ring is 1. The van der Waals surface area contributed by atoms with E-state index >= 15 is 0 Å². The van der Waals surface area contributed by atoms with E-state index in [2.05, 4.69) is 0 Å². The van der Waals surface area contributed by atoms with E-state index in [4.69, 9.17) is 28.9 Å². The van der Waals surface area contributed by atoms with Crippen LogP contribution in [0.5, 0.6) is 0 Å². The minimum absolute atomic E-state index is 0.184. The van der Waals surface area contributed by atoms with Crippen molar-refractivity contribution in [2.75, 3.05) is 18.8 Å². The number of halogens is 2. The zero-order valence-corrected chi connectivity index (χ0v) is 12.1. The second-order valence-electron chi connectivity index (χ2n) is 4.95. The van der Waals surface area contributed by atoms with Gasteiger partial charge in [0.1, 0.15) is 0 Å². The van der Waals surface area contributed by atoms with Crippen molar-refractivity contribution < 1.29 is 9.90 Å². The number of β-amino-alcohol motifs (C(OH)–C–C–N with tert-alkyl or cyclic N) is 1. The third kappa shape index (κ3) is 2.96. The van der Waals surface area contributed by atoms with Gasteiger partial charge in [0, 0.05) is 18.7 Å². The summed E-state index contributed by atoms with van der Waals surface area (Å²) in [6.45, 7) is 2.93. The van der Waals surface area contributed by atoms with Gasteiger partial charge in [0.15, 0.2) is 0 Å². The van der Waals surface area contributed by atoms with Crippen LogP contribution in [0.1, 0.15) is 23.7 Å². The number of nitrogens with zero attached hydrogens (tertiary/aromatic N) is 1. The van der Waals surface area contributed by atoms with Crippen molar-refractivity contribution in [3.63, 3.8) is 0 Å². The first-order valence-corrected chi connectivity index (χ1v) is 6.87. The number of nitrogens with two attached hydrogens (primary N) is 1. The lowest BCUT2D eigenvalue weighted by atomic mass is 9.95. The molecule has 0 aliphatic carbocycles. The number of anilines is 1. The van der Waals surface area contributed by atoms with Gasteiger partial charge in [0.25, 0.3) is 5.91 Å². The van der Waals surface area contributed by atoms with Crippen LogP contribution in [-0.2, 0) is 0 Å². The average Bonchev–Trinajstić information content (AvgIpc) is 2.37. The largest absolute Gasteiger partial charge is 0.397 e. The first kappa shape index (κ1) is 14.4. The first-order chi connectivity index (χ1) is 8.90. The lowest BCUT2D eigenvalue weighted by molar-refractivity contribution is 0.0249. The molecule has 2 unspecified atom stereocenters. The third-order valence-electron chi connectivity index (χ3n) is 3.51. The number of carbonyl (C=O) groups is 1. The van der Waals surface area contributed by atoms with E-state index < -0.39 is 6.10 Å². The Morgan fingerprint density at radius 1 is 1.47 bits per heavy atom. The molecule has 19 heavy (non-hydrogen) atoms. The molecule has 2 atom stereocenters. The first-order valence-electron chi connectivity index (χ1n) is 6.12. The third-order valence-corrected chi connectivity index (χ3v) is 4.33. The predicted octanol–water partition coefficient (Wildman–Crippen LogP) is 2.42. The fraction of sp³-hybridized carbons (Fsp3) is 0.462. The summed E-state index contributed by atoms with van der Waals surface area (Å²) in [4.78, 5) is 13.9. The van der Waals surface area contributed by atoms with Crippen LogP contribution in [0.4, 0.5) is 5.69 Å². The predicted molar refractivity (Wildman–Crippen MR) is 76.6 cm³/mol. The summed E-state index contributed by atoms with van der Waals surface area (Å²) in [5.41, 5.74) is 6.38. The molecule has 1 saturated heterocycles. The smallest absolute Gasteiger partial charge is 0.254 e. The van der Waals surface area contributed by atoms with Gasteiger partial charge in [-0.1, -0.05) is 30.1 Å². The molecule has 0 aromatic heterocycles. The Kier molecular flexibility index (Phi) is 4.23. The highest BCUT2D eigenvalue weighted by atomic mass is 35.5. The summed E-state index contributed by atoms with van der Waals surface area (Å²) < 4.78 is 0. The Labute approximate surface area is 122 Å². The van der Waals surface area contributed by atoms with Crippen molar-refractivity contribution in [3.8, 4) is 0 Å². The highest BCUT2D eigenvalue weighted by Crippen LogP contribution is 2.30. The quantitative estimate of drug-likeness (QED) is 0.783. The Morgan fingerprint density at radius 3 is 2.74 bits per heavy atom. The Morgan fingerprint density at radius 2 is 2.16 bits per heavy atom. The second kappa shape index (κ2) is 5.57. The highest BCUT2D eigenvalue weighted by Gasteiger charge is 2.28. The van der Waals surface area contributed by atoms with Gasteiger partial charge in [0.05, 0.1) is 21.8 Å². The highest BCUT2D eigenvalue weighted by molar-refractivity contribution is 6.43. The van der Waals surface area contributed by atoms with Crippen molar-refractivity contribution in [2.24, 2.45) is 5.92 Å². The van der Waals surface area contributed by atoms with Gasteiger partial charge in [-0.25, -0.2) is 0 Å². The number of piperidine rings is 1. The maximum atomic E-state index is 12.3. The molecule has 1 aromatic carbocycles. The topological polar surface area (TPSA) is 66.6 Å². The summed E-state index contributed by atoms with van der Waals surface area (Å²) in [5.74, 6) is 0.0270. The molecule has 0 saturated carbocycles. The van der Waals surface area contributed by atoms with Crippen LogP contribution in [0, 0.1) is 5.92 Å². The Balaban J connectivity index is 2.20. The molecule has 104 valence electrons. The summed E-state index contributed by atoms with van der Waals surface area (Å²) in [7, 11) is 0. The monoisotopic (exact) mass is 302 g/mol. The van der Waals surface area contributed by atoms with Crippen LogP contribution in [0.15, 0.2) is 12.1 Å². The van der Waals surface area contributed by atoms with Crippen LogP contribution < -0.4 is 5.73 Å². The number of hydrogen-bond donors (Lipinski definition) is 2. The molecule has 0 bridgehead atoms. The summed E-state index contributed by atoms with van der Waals surface area (Å²) >= 11 is 11.8. The zero-order valence-electron chi connectivity index (χ0n) is 10.6. The van der Waals surface area contributed by atoms with E-state index in [1.54, 1.807) is 4.90 Å². The van der Waals surface area contributed by atoms with Crippen LogP contribution in [0.2, 0.25) is 10.0 Å². The number of benzene rings is 1. The molecule has 1 aliphatic rings. The molecule has 4 nitrogen and oxygen atoms in total. The van der Waals surface area contributed by atoms with Crippen LogP contribution in [-0.4, -0.2) is 35.1 Å². The van der Waals surface area contributed by atoms with Gasteiger partial charge in [-0.2, -0.15) is 0 Å². The number of amides is 1. The fourth-order valence-electron chi connectivity index (χ4n) is 2.15. The Hall–Kier alpha value is -0.970. The van der Waals surface area contributed by atoms with E-state index in [9.17, 15) is 9.90 Å². The molecule has 2 rings (SSSR count). The zero-order chi connectivity index (χ0) is 14.2. The lowest BCUT2D eigenvalue weighted by Crippen LogP contribution is -2.45. The molecule has 1 aromatic rings. The van der Waals surface area contributed by atoms with E-state index in [0.717, 1.165) is 6.42 Å². The number of aliphatic hydroxyl groups excluding tert-OH is 1. The molecule has 0 spiro atoms. The van der Waals surface area contributed by atoms with Crippen LogP contribution in [0.25, 0.3) is 0 Å². The molecule has 1 amide bonds. The SMILES string of the molecule is CC1CCN(C(=O)c2cc(N)c(Cl)c(Cl)c2)CC1O. The van der Waals surface area contributed by atoms with E-state index in [1.807, 2.05) is 6.92 Å². The molecule has 1 aliphatic heterocycles. The molecule has 1 heterocycles. The summed E-state index contributed by atoms with van der Waals surface area (Å²) in [6.07, 6.45) is 0.293. The summed E-state index contributed by atoms with van der Waals surface area (Å²) in [6, 6.07) is 3.02. The minimum atomic E-state index is -0.488. The van der Waals surface area contributed by atoms with E-state index in [0.29, 0.717) is 18.7 Å². The van der Waals surface area contributed by atoms with Crippen molar-refractivity contribution >= 4 is 34.8 Å². The van der Waals surface area contributed by atoms with E-state index in [1.165, 1.54) is 12.1 Å². The molecular formula is C13H16Cl2N2O2. The average molecular weight is 303 g/mol. The number of hydrogen-bond acceptors (Lipinski definition) is 3. The van der Waals surface area contributed by atoms with Gasteiger partial charge >= 0.3 is 0 Å². The summed E-state index contributed by atoms with van der Waals surface area (Å²) in [5, 5.41) is 10.3. The molecular weight excluding hydrogens is 287 g/mol. The lowest BCUT2D eigenvalue weighted by Gasteiger charge is -2.34. The maximum Gasteiger partial charge on any atom is 0.254 e. The van der Waals surface area contributed by atoms with E-state index in [-0.39, 0.29) is 27.6 Å². The molecule has 6 heteroatoms. The molecule has 0 radical (unpaired) electrons. The van der Waals surface area contributed by atoms with Crippen molar-refractivity contribution in [2.45, 2.75) is 19.4 Å². The van der Waals surface area contributed by atoms with Gasteiger partial charge < -0.3 is 15.7 Å². The number of rotatable bonds is 1. The number of carbonyl (C=O) groups excluding carboxylic acids is 1. The molecule has 3 N–H and O–H groups in total. The van der Waals surface area contributed by atoms with Crippen LogP contribution >= 0.6 is 23.2 Å². The van der Waals surface area contributed by atoms with Crippen molar-refractivity contribution in [1.82, 2.24) is 4.90 Å². The van der Waals surface area contributed by atoms with Gasteiger partial charge in [-0.15, -0.1) is 0 Å². The second-order valence-corrected chi connectivity index (χ2v) is 5.73. The normalized spacial score (nSPS) is 23.5. The van der Waals surface area contributed by atoms with Gasteiger partial charge in [-0.05, 0) is 24.5 Å². The van der Waals surface area contributed by atoms with Crippen molar-refractivity contribution in [1.29, 1.82) is 0 Å². The van der Waals surface area contributed by atoms with Gasteiger partial charge in [0.2, 0.25) is 0 Å². The Bertz CT molecular complexity index is 484. The minimum Gasteiger partial charge on any atom is -0.397 e. The van der Waals surface area contributed by atoms with Gasteiger partial charge in [-0.3, -0.25) is 4.79 Å². The standard InChI is InChI=1S/C13H16Cl2N2O2/c1-7-2-3-17(6-11(7)18)13(19)8-4-9(14)12(15)10(16)5-8/h4-5,7,11,18H,2-3,6,16H2,1H3. The van der Waals surface area contributed by atoms with Crippen LogP contribution in [0.3, 0.4) is 0 Å². The molecule has 1 fully saturated rings. The maximum absolute atomic E-state index is 12.3. The fourth-order valence-corrected chi connectivity index (χ4v) is 2.49. The van der Waals surface area contributed by atoms with Crippen molar-refractivity contribution in [3.05, 3.63) is 27.7 Å². The number of aliphatic hydroxyl groups is 1.